The molecule has 2 aromatic carbocycles. The van der Waals surface area contributed by atoms with Crippen molar-refractivity contribution in [2.75, 3.05) is 20.8 Å². The zero-order valence-electron chi connectivity index (χ0n) is 21.0. The highest BCUT2D eigenvalue weighted by Gasteiger charge is 2.47. The SMILES string of the molecule is COc1cc(C2Oc3cc(O)cc4c3C(=C2O[C@@H]2O[C@H](CO)[C@@H](O)[C@H](O)[C@H]2O)C=C(C(=O)O)O4)cc(OC)c1O. The molecular weight excluding hydrogens is 536 g/mol. The van der Waals surface area contributed by atoms with Crippen molar-refractivity contribution in [3.05, 3.63) is 53.0 Å². The Morgan fingerprint density at radius 1 is 0.950 bits per heavy atom. The predicted octanol–water partition coefficient (Wildman–Crippen LogP) is 0.137. The molecule has 214 valence electrons. The minimum Gasteiger partial charge on any atom is -0.508 e. The molecule has 14 nitrogen and oxygen atoms in total. The van der Waals surface area contributed by atoms with Crippen molar-refractivity contribution in [1.82, 2.24) is 0 Å². The Labute approximate surface area is 226 Å². The molecule has 1 saturated heterocycles. The van der Waals surface area contributed by atoms with Gasteiger partial charge in [-0.05, 0) is 12.1 Å². The minimum absolute atomic E-state index is 0.00807. The molecule has 5 rings (SSSR count). The van der Waals surface area contributed by atoms with E-state index in [9.17, 15) is 40.5 Å². The third kappa shape index (κ3) is 4.51. The number of phenolic OH excluding ortho intramolecular Hbond substituents is 2. The zero-order valence-corrected chi connectivity index (χ0v) is 21.0. The molecule has 3 heterocycles. The van der Waals surface area contributed by atoms with Gasteiger partial charge in [-0.25, -0.2) is 4.79 Å². The van der Waals surface area contributed by atoms with E-state index in [1.54, 1.807) is 0 Å². The number of aliphatic hydroxyl groups is 4. The molecule has 0 aromatic heterocycles. The number of benzene rings is 2. The van der Waals surface area contributed by atoms with E-state index in [0.29, 0.717) is 0 Å². The molecule has 3 aliphatic heterocycles. The molecule has 1 unspecified atom stereocenters. The van der Waals surface area contributed by atoms with Gasteiger partial charge in [0.2, 0.25) is 17.8 Å². The van der Waals surface area contributed by atoms with Gasteiger partial charge in [-0.15, -0.1) is 0 Å². The number of carbonyl (C=O) groups is 1. The van der Waals surface area contributed by atoms with E-state index in [2.05, 4.69) is 0 Å². The molecule has 40 heavy (non-hydrogen) atoms. The Kier molecular flexibility index (Phi) is 7.12. The number of hydrogen-bond donors (Lipinski definition) is 7. The molecule has 3 aliphatic rings. The van der Waals surface area contributed by atoms with Crippen LogP contribution in [0, 0.1) is 0 Å². The van der Waals surface area contributed by atoms with Crippen molar-refractivity contribution >= 4 is 11.5 Å². The second kappa shape index (κ2) is 10.4. The monoisotopic (exact) mass is 562 g/mol. The van der Waals surface area contributed by atoms with Crippen molar-refractivity contribution in [3.63, 3.8) is 0 Å². The fourth-order valence-corrected chi connectivity index (χ4v) is 4.69. The number of rotatable bonds is 7. The lowest BCUT2D eigenvalue weighted by atomic mass is 9.91. The fraction of sp³-hybridized carbons (Fsp3) is 0.346. The third-order valence-corrected chi connectivity index (χ3v) is 6.67. The number of phenols is 2. The number of ether oxygens (including phenoxy) is 6. The fourth-order valence-electron chi connectivity index (χ4n) is 4.69. The Morgan fingerprint density at radius 2 is 1.60 bits per heavy atom. The molecule has 2 aromatic rings. The second-order valence-electron chi connectivity index (χ2n) is 9.10. The van der Waals surface area contributed by atoms with Crippen LogP contribution in [0.25, 0.3) is 5.57 Å². The third-order valence-electron chi connectivity index (χ3n) is 6.67. The number of hydrogen-bond acceptors (Lipinski definition) is 13. The first-order valence-corrected chi connectivity index (χ1v) is 11.9. The average Bonchev–Trinajstić information content (AvgIpc) is 2.93. The second-order valence-corrected chi connectivity index (χ2v) is 9.10. The minimum atomic E-state index is -1.81. The van der Waals surface area contributed by atoms with Gasteiger partial charge in [-0.3, -0.25) is 0 Å². The van der Waals surface area contributed by atoms with Gasteiger partial charge in [0.25, 0.3) is 0 Å². The lowest BCUT2D eigenvalue weighted by molar-refractivity contribution is -0.293. The van der Waals surface area contributed by atoms with Crippen LogP contribution in [0.5, 0.6) is 34.5 Å². The maximum Gasteiger partial charge on any atom is 0.371 e. The molecular formula is C26H26O14. The van der Waals surface area contributed by atoms with Gasteiger partial charge in [-0.1, -0.05) is 0 Å². The summed E-state index contributed by atoms with van der Waals surface area (Å²) >= 11 is 0. The van der Waals surface area contributed by atoms with Gasteiger partial charge in [0.05, 0.1) is 26.4 Å². The average molecular weight is 562 g/mol. The van der Waals surface area contributed by atoms with Gasteiger partial charge in [0.1, 0.15) is 41.7 Å². The van der Waals surface area contributed by atoms with Gasteiger partial charge >= 0.3 is 5.97 Å². The topological polar surface area (TPSA) is 214 Å². The lowest BCUT2D eigenvalue weighted by Crippen LogP contribution is -2.59. The van der Waals surface area contributed by atoms with Gasteiger partial charge in [0.15, 0.2) is 23.4 Å². The number of aliphatic hydroxyl groups excluding tert-OH is 4. The van der Waals surface area contributed by atoms with Crippen LogP contribution < -0.4 is 18.9 Å². The van der Waals surface area contributed by atoms with E-state index < -0.39 is 55.1 Å². The summed E-state index contributed by atoms with van der Waals surface area (Å²) < 4.78 is 33.7. The van der Waals surface area contributed by atoms with Crippen LogP contribution in [0.2, 0.25) is 0 Å². The van der Waals surface area contributed by atoms with Crippen molar-refractivity contribution in [2.45, 2.75) is 36.8 Å². The summed E-state index contributed by atoms with van der Waals surface area (Å²) in [6.07, 6.45) is -8.32. The number of aromatic hydroxyl groups is 2. The number of allylic oxidation sites excluding steroid dienone is 2. The number of carboxylic acids is 1. The Balaban J connectivity index is 1.73. The summed E-state index contributed by atoms with van der Waals surface area (Å²) in [6.45, 7) is -0.716. The van der Waals surface area contributed by atoms with Crippen LogP contribution in [0.15, 0.2) is 41.9 Å². The van der Waals surface area contributed by atoms with E-state index in [1.807, 2.05) is 0 Å². The molecule has 0 saturated carbocycles. The molecule has 0 amide bonds. The molecule has 14 heteroatoms. The van der Waals surface area contributed by atoms with Crippen molar-refractivity contribution in [2.24, 2.45) is 0 Å². The number of carboxylic acid groups (broad SMARTS) is 1. The predicted molar refractivity (Wildman–Crippen MR) is 131 cm³/mol. The van der Waals surface area contributed by atoms with E-state index in [-0.39, 0.29) is 57.0 Å². The molecule has 0 spiro atoms. The zero-order chi connectivity index (χ0) is 28.9. The van der Waals surface area contributed by atoms with E-state index >= 15 is 0 Å². The van der Waals surface area contributed by atoms with Crippen LogP contribution in [0.3, 0.4) is 0 Å². The summed E-state index contributed by atoms with van der Waals surface area (Å²) in [4.78, 5) is 11.9. The quantitative estimate of drug-likeness (QED) is 0.239. The van der Waals surface area contributed by atoms with Crippen LogP contribution in [0.4, 0.5) is 0 Å². The van der Waals surface area contributed by atoms with Crippen LogP contribution in [0.1, 0.15) is 17.2 Å². The van der Waals surface area contributed by atoms with E-state index in [0.717, 1.165) is 6.08 Å². The van der Waals surface area contributed by atoms with Crippen molar-refractivity contribution in [3.8, 4) is 34.5 Å². The normalized spacial score (nSPS) is 27.1. The summed E-state index contributed by atoms with van der Waals surface area (Å²) in [5, 5.41) is 71.2. The van der Waals surface area contributed by atoms with Crippen molar-refractivity contribution in [1.29, 1.82) is 0 Å². The highest BCUT2D eigenvalue weighted by molar-refractivity contribution is 5.95. The molecule has 6 atom stereocenters. The Morgan fingerprint density at radius 3 is 2.20 bits per heavy atom. The first-order valence-electron chi connectivity index (χ1n) is 11.9. The van der Waals surface area contributed by atoms with E-state index in [1.165, 1.54) is 38.5 Å². The maximum atomic E-state index is 11.9. The smallest absolute Gasteiger partial charge is 0.371 e. The van der Waals surface area contributed by atoms with Gasteiger partial charge in [-0.2, -0.15) is 0 Å². The number of aliphatic carboxylic acids is 1. The first-order chi connectivity index (χ1) is 19.1. The van der Waals surface area contributed by atoms with E-state index in [4.69, 9.17) is 28.4 Å². The maximum absolute atomic E-state index is 11.9. The van der Waals surface area contributed by atoms with Crippen LogP contribution >= 0.6 is 0 Å². The highest BCUT2D eigenvalue weighted by atomic mass is 16.7. The van der Waals surface area contributed by atoms with Gasteiger partial charge in [0, 0.05) is 29.3 Å². The Hall–Kier alpha value is -4.21. The molecule has 0 radical (unpaired) electrons. The summed E-state index contributed by atoms with van der Waals surface area (Å²) in [5.74, 6) is -2.73. The highest BCUT2D eigenvalue weighted by Crippen LogP contribution is 2.53. The first kappa shape index (κ1) is 27.4. The molecule has 0 bridgehead atoms. The standard InChI is InChI=1S/C26H26O14/c1-35-14-3-9(4-15(36-2)19(14)29)23-24(40-26-22(32)21(31)20(30)17(8-27)39-26)11-7-16(25(33)34)37-12-5-10(28)6-13(38-23)18(11)12/h3-7,17,20-23,26-32H,8H2,1-2H3,(H,33,34)/t17-,20-,21+,22-,23?,26+/m1/s1. The van der Waals surface area contributed by atoms with Gasteiger partial charge < -0.3 is 64.2 Å². The summed E-state index contributed by atoms with van der Waals surface area (Å²) in [5.41, 5.74) is 0.565. The largest absolute Gasteiger partial charge is 0.508 e. The molecule has 0 aliphatic carbocycles. The molecule has 7 N–H and O–H groups in total. The summed E-state index contributed by atoms with van der Waals surface area (Å²) in [7, 11) is 2.62. The lowest BCUT2D eigenvalue weighted by Gasteiger charge is -2.41. The van der Waals surface area contributed by atoms with Crippen LogP contribution in [-0.2, 0) is 14.3 Å². The summed E-state index contributed by atoms with van der Waals surface area (Å²) in [6, 6.07) is 5.25. The molecule has 1 fully saturated rings. The van der Waals surface area contributed by atoms with Crippen LogP contribution in [-0.4, -0.2) is 93.2 Å². The Bertz CT molecular complexity index is 1370. The van der Waals surface area contributed by atoms with Crippen molar-refractivity contribution < 1.29 is 69.0 Å². The number of methoxy groups -OCH3 is 2.